The van der Waals surface area contributed by atoms with Crippen molar-refractivity contribution in [2.45, 2.75) is 51.4 Å². The van der Waals surface area contributed by atoms with E-state index in [0.717, 1.165) is 18.4 Å². The number of rotatable bonds is 10. The lowest BCUT2D eigenvalue weighted by atomic mass is 9.69. The van der Waals surface area contributed by atoms with Crippen LogP contribution in [0.4, 0.5) is 0 Å². The van der Waals surface area contributed by atoms with Crippen LogP contribution in [0.2, 0.25) is 0 Å². The predicted molar refractivity (Wildman–Crippen MR) is 148 cm³/mol. The molecule has 1 heterocycles. The fourth-order valence-corrected chi connectivity index (χ4v) is 5.61. The first kappa shape index (κ1) is 28.2. The van der Waals surface area contributed by atoms with Gasteiger partial charge < -0.3 is 23.7 Å². The fraction of sp³-hybridized carbons (Fsp3) is 0.452. The topological polar surface area (TPSA) is 92.7 Å². The number of Topliss-reactive ketones (excluding diaryl/α,β-unsaturated/α-hetero) is 1. The summed E-state index contributed by atoms with van der Waals surface area (Å²) >= 11 is 0. The Morgan fingerprint density at radius 2 is 1.69 bits per heavy atom. The van der Waals surface area contributed by atoms with Gasteiger partial charge in [0.25, 0.3) is 0 Å². The number of esters is 1. The summed E-state index contributed by atoms with van der Waals surface area (Å²) in [5, 5.41) is 0. The van der Waals surface area contributed by atoms with Gasteiger partial charge in [0, 0.05) is 34.9 Å². The van der Waals surface area contributed by atoms with E-state index in [4.69, 9.17) is 28.7 Å². The highest BCUT2D eigenvalue weighted by molar-refractivity contribution is 6.09. The van der Waals surface area contributed by atoms with Gasteiger partial charge in [0.1, 0.15) is 5.92 Å². The second-order valence-electron chi connectivity index (χ2n) is 9.82. The molecular formula is C31H37NO7. The summed E-state index contributed by atoms with van der Waals surface area (Å²) in [7, 11) is 6.31. The lowest BCUT2D eigenvalue weighted by molar-refractivity contribution is -0.146. The molecule has 3 atom stereocenters. The Morgan fingerprint density at radius 3 is 2.36 bits per heavy atom. The highest BCUT2D eigenvalue weighted by Crippen LogP contribution is 2.50. The van der Waals surface area contributed by atoms with Crippen molar-refractivity contribution in [3.63, 3.8) is 0 Å². The second-order valence-corrected chi connectivity index (χ2v) is 9.82. The van der Waals surface area contributed by atoms with Gasteiger partial charge in [0.2, 0.25) is 0 Å². The van der Waals surface area contributed by atoms with E-state index >= 15 is 0 Å². The van der Waals surface area contributed by atoms with E-state index in [1.807, 2.05) is 44.2 Å². The zero-order valence-corrected chi connectivity index (χ0v) is 23.5. The lowest BCUT2D eigenvalue weighted by Gasteiger charge is -2.37. The van der Waals surface area contributed by atoms with E-state index in [-0.39, 0.29) is 24.1 Å². The molecule has 2 aromatic carbocycles. The third-order valence-corrected chi connectivity index (χ3v) is 7.53. The van der Waals surface area contributed by atoms with E-state index in [0.29, 0.717) is 58.6 Å². The van der Waals surface area contributed by atoms with Gasteiger partial charge in [-0.1, -0.05) is 31.5 Å². The Morgan fingerprint density at radius 1 is 0.949 bits per heavy atom. The van der Waals surface area contributed by atoms with Gasteiger partial charge in [0.05, 0.1) is 35.0 Å². The Balaban J connectivity index is 1.81. The SMILES string of the molecule is CCCCOC(=O)C1C(C)=NC2=C(C(=O)C[C@@H](c3ccc(OC)c(OC)c3)C2)[C@@H]1c1cccc(OC)c1OC. The molecule has 1 aliphatic carbocycles. The molecule has 1 aliphatic heterocycles. The van der Waals surface area contributed by atoms with Gasteiger partial charge in [-0.3, -0.25) is 14.6 Å². The van der Waals surface area contributed by atoms with Crippen molar-refractivity contribution in [1.29, 1.82) is 0 Å². The van der Waals surface area contributed by atoms with Crippen LogP contribution in [-0.4, -0.2) is 52.5 Å². The van der Waals surface area contributed by atoms with Crippen LogP contribution in [0, 0.1) is 5.92 Å². The molecule has 0 N–H and O–H groups in total. The average Bonchev–Trinajstić information content (AvgIpc) is 2.95. The molecule has 39 heavy (non-hydrogen) atoms. The summed E-state index contributed by atoms with van der Waals surface area (Å²) < 4.78 is 27.9. The number of methoxy groups -OCH3 is 4. The molecule has 2 aromatic rings. The van der Waals surface area contributed by atoms with Gasteiger partial charge in [-0.05, 0) is 49.4 Å². The van der Waals surface area contributed by atoms with E-state index in [2.05, 4.69) is 0 Å². The van der Waals surface area contributed by atoms with Crippen LogP contribution in [0.3, 0.4) is 0 Å². The smallest absolute Gasteiger partial charge is 0.315 e. The van der Waals surface area contributed by atoms with E-state index in [9.17, 15) is 9.59 Å². The Kier molecular flexibility index (Phi) is 8.94. The maximum absolute atomic E-state index is 14.0. The minimum atomic E-state index is -0.747. The maximum atomic E-state index is 14.0. The zero-order chi connectivity index (χ0) is 28.1. The first-order valence-corrected chi connectivity index (χ1v) is 13.3. The number of ether oxygens (including phenoxy) is 5. The zero-order valence-electron chi connectivity index (χ0n) is 23.5. The van der Waals surface area contributed by atoms with Gasteiger partial charge in [0.15, 0.2) is 28.8 Å². The average molecular weight is 536 g/mol. The van der Waals surface area contributed by atoms with Gasteiger partial charge >= 0.3 is 5.97 Å². The van der Waals surface area contributed by atoms with Gasteiger partial charge in [-0.15, -0.1) is 0 Å². The number of nitrogens with zero attached hydrogens (tertiary/aromatic N) is 1. The molecule has 4 rings (SSSR count). The Labute approximate surface area is 230 Å². The maximum Gasteiger partial charge on any atom is 0.315 e. The molecule has 2 aliphatic rings. The van der Waals surface area contributed by atoms with Crippen LogP contribution in [0.1, 0.15) is 62.5 Å². The van der Waals surface area contributed by atoms with Crippen molar-refractivity contribution in [2.75, 3.05) is 35.0 Å². The molecule has 0 fully saturated rings. The normalized spacial score (nSPS) is 20.6. The number of benzene rings is 2. The molecule has 8 nitrogen and oxygen atoms in total. The number of para-hydroxylation sites is 1. The van der Waals surface area contributed by atoms with Crippen LogP contribution in [-0.2, 0) is 14.3 Å². The summed E-state index contributed by atoms with van der Waals surface area (Å²) in [6, 6.07) is 11.3. The van der Waals surface area contributed by atoms with Gasteiger partial charge in [-0.25, -0.2) is 0 Å². The third kappa shape index (κ3) is 5.51. The standard InChI is InChI=1S/C31H37NO7/c1-7-8-14-39-31(34)27-18(2)32-22-15-20(19-12-13-24(35-3)26(17-19)37-5)16-23(33)29(22)28(27)21-10-9-11-25(36-4)30(21)38-6/h9-13,17,20,27-28H,7-8,14-16H2,1-6H3/t20-,27?,28+/m0/s1. The molecule has 1 unspecified atom stereocenters. The third-order valence-electron chi connectivity index (χ3n) is 7.53. The minimum absolute atomic E-state index is 0.0477. The first-order chi connectivity index (χ1) is 18.9. The highest BCUT2D eigenvalue weighted by atomic mass is 16.5. The van der Waals surface area contributed by atoms with Gasteiger partial charge in [-0.2, -0.15) is 0 Å². The molecule has 208 valence electrons. The molecule has 0 aromatic heterocycles. The molecule has 0 radical (unpaired) electrons. The monoisotopic (exact) mass is 535 g/mol. The summed E-state index contributed by atoms with van der Waals surface area (Å²) in [4.78, 5) is 32.3. The minimum Gasteiger partial charge on any atom is -0.493 e. The van der Waals surface area contributed by atoms with Crippen molar-refractivity contribution >= 4 is 17.5 Å². The fourth-order valence-electron chi connectivity index (χ4n) is 5.61. The molecule has 0 amide bonds. The van der Waals surface area contributed by atoms with E-state index < -0.39 is 11.8 Å². The quantitative estimate of drug-likeness (QED) is 0.287. The highest BCUT2D eigenvalue weighted by Gasteiger charge is 2.46. The van der Waals surface area contributed by atoms with Crippen molar-refractivity contribution in [3.8, 4) is 23.0 Å². The number of aliphatic imine (C=N–C) groups is 1. The molecule has 0 saturated carbocycles. The second kappa shape index (κ2) is 12.4. The van der Waals surface area contributed by atoms with Crippen molar-refractivity contribution in [2.24, 2.45) is 10.9 Å². The van der Waals surface area contributed by atoms with E-state index in [1.165, 1.54) is 0 Å². The molecule has 0 spiro atoms. The number of carbonyl (C=O) groups excluding carboxylic acids is 2. The predicted octanol–water partition coefficient (Wildman–Crippen LogP) is 5.64. The van der Waals surface area contributed by atoms with Crippen molar-refractivity contribution < 1.29 is 33.3 Å². The van der Waals surface area contributed by atoms with Crippen molar-refractivity contribution in [3.05, 3.63) is 58.8 Å². The van der Waals surface area contributed by atoms with Crippen LogP contribution in [0.5, 0.6) is 23.0 Å². The lowest BCUT2D eigenvalue weighted by Crippen LogP contribution is -2.38. The first-order valence-electron chi connectivity index (χ1n) is 13.3. The van der Waals surface area contributed by atoms with Crippen LogP contribution in [0.15, 0.2) is 52.7 Å². The van der Waals surface area contributed by atoms with Crippen LogP contribution >= 0.6 is 0 Å². The van der Waals surface area contributed by atoms with Crippen LogP contribution in [0.25, 0.3) is 0 Å². The van der Waals surface area contributed by atoms with E-state index in [1.54, 1.807) is 34.5 Å². The molecular weight excluding hydrogens is 498 g/mol. The number of hydrogen-bond donors (Lipinski definition) is 0. The molecule has 8 heteroatoms. The molecule has 0 saturated heterocycles. The summed E-state index contributed by atoms with van der Waals surface area (Å²) in [6.07, 6.45) is 2.50. The number of unbranched alkanes of at least 4 members (excludes halogenated alkanes) is 1. The van der Waals surface area contributed by atoms with Crippen LogP contribution < -0.4 is 18.9 Å². The molecule has 0 bridgehead atoms. The summed E-state index contributed by atoms with van der Waals surface area (Å²) in [5.74, 6) is 0.389. The Bertz CT molecular complexity index is 1300. The van der Waals surface area contributed by atoms with Crippen molar-refractivity contribution in [1.82, 2.24) is 0 Å². The number of carbonyl (C=O) groups is 2. The number of hydrogen-bond acceptors (Lipinski definition) is 8. The Hall–Kier alpha value is -3.81. The summed E-state index contributed by atoms with van der Waals surface area (Å²) in [5.41, 5.74) is 3.52. The number of ketones is 1. The number of allylic oxidation sites excluding steroid dienone is 2. The largest absolute Gasteiger partial charge is 0.493 e. The summed E-state index contributed by atoms with van der Waals surface area (Å²) in [6.45, 7) is 4.19.